The largest absolute Gasteiger partial charge is 0.458 e. The lowest BCUT2D eigenvalue weighted by Gasteiger charge is -2.25. The van der Waals surface area contributed by atoms with Gasteiger partial charge in [0, 0.05) is 23.0 Å². The molecule has 0 atom stereocenters. The maximum atomic E-state index is 6.96. The van der Waals surface area contributed by atoms with Gasteiger partial charge >= 0.3 is 0 Å². The Labute approximate surface area is 540 Å². The summed E-state index contributed by atoms with van der Waals surface area (Å²) in [5.74, 6) is 2.31. The summed E-state index contributed by atoms with van der Waals surface area (Å²) in [4.78, 5) is 4.95. The van der Waals surface area contributed by atoms with Crippen LogP contribution < -0.4 is 9.30 Å². The van der Waals surface area contributed by atoms with Gasteiger partial charge in [0.25, 0.3) is 6.33 Å². The first kappa shape index (κ1) is 54.1. The zero-order valence-corrected chi connectivity index (χ0v) is 51.6. The number of imidazole rings is 1. The van der Waals surface area contributed by atoms with E-state index in [9.17, 15) is 0 Å². The van der Waals surface area contributed by atoms with E-state index in [1.54, 1.807) is 0 Å². The first-order valence-corrected chi connectivity index (χ1v) is 32.0. The number of pyridine rings is 1. The molecule has 2 aliphatic rings. The van der Waals surface area contributed by atoms with Crippen molar-refractivity contribution < 1.29 is 9.30 Å². The lowest BCUT2D eigenvalue weighted by atomic mass is 9.79. The van der Waals surface area contributed by atoms with E-state index in [1.165, 1.54) is 94.6 Å². The molecular weight excluding hydrogens is 1130 g/mol. The van der Waals surface area contributed by atoms with Crippen molar-refractivity contribution in [3.63, 3.8) is 0 Å². The van der Waals surface area contributed by atoms with Crippen molar-refractivity contribution in [3.8, 4) is 140 Å². The Balaban J connectivity index is 0.830. The molecule has 0 unspecified atom stereocenters. The Bertz CT molecular complexity index is 5520. The van der Waals surface area contributed by atoms with Crippen LogP contribution in [0.25, 0.3) is 161 Å². The maximum absolute atomic E-state index is 6.96. The van der Waals surface area contributed by atoms with E-state index < -0.39 is 0 Å². The van der Waals surface area contributed by atoms with Crippen LogP contribution in [0.3, 0.4) is 0 Å². The Morgan fingerprint density at radius 1 is 0.333 bits per heavy atom. The normalized spacial score (nSPS) is 12.0. The van der Waals surface area contributed by atoms with E-state index in [0.717, 1.165) is 78.0 Å². The second kappa shape index (κ2) is 21.4. The number of hydrogen-bond donors (Lipinski definition) is 0. The minimum absolute atomic E-state index is 0.0452. The Hall–Kier alpha value is -11.9. The Morgan fingerprint density at radius 2 is 0.753 bits per heavy atom. The van der Waals surface area contributed by atoms with E-state index in [1.807, 2.05) is 12.3 Å². The monoisotopic (exact) mass is 1190 g/mol. The van der Waals surface area contributed by atoms with Crippen molar-refractivity contribution in [2.45, 2.75) is 26.2 Å². The summed E-state index contributed by atoms with van der Waals surface area (Å²) < 4.78 is 13.7. The molecule has 0 radical (unpaired) electrons. The molecule has 13 aromatic carbocycles. The number of para-hydroxylation sites is 4. The van der Waals surface area contributed by atoms with Gasteiger partial charge in [-0.25, -0.2) is 4.98 Å². The molecule has 0 aliphatic heterocycles. The average Bonchev–Trinajstić information content (AvgIpc) is 1.55. The van der Waals surface area contributed by atoms with Gasteiger partial charge in [-0.3, -0.25) is 13.7 Å². The molecule has 3 heterocycles. The Kier molecular flexibility index (Phi) is 12.4. The van der Waals surface area contributed by atoms with Gasteiger partial charge < -0.3 is 4.74 Å². The van der Waals surface area contributed by atoms with E-state index in [0.29, 0.717) is 5.75 Å². The predicted molar refractivity (Wildman–Crippen MR) is 382 cm³/mol. The second-order valence-corrected chi connectivity index (χ2v) is 25.5. The van der Waals surface area contributed by atoms with Crippen molar-refractivity contribution in [1.82, 2.24) is 14.1 Å². The zero-order chi connectivity index (χ0) is 61.9. The highest BCUT2D eigenvalue weighted by Crippen LogP contribution is 2.52. The molecule has 0 saturated carbocycles. The molecule has 5 nitrogen and oxygen atoms in total. The molecule has 18 rings (SSSR count). The van der Waals surface area contributed by atoms with Crippen LogP contribution in [0.15, 0.2) is 310 Å². The maximum Gasteiger partial charge on any atom is 0.269 e. The zero-order valence-electron chi connectivity index (χ0n) is 51.6. The first-order valence-electron chi connectivity index (χ1n) is 32.0. The highest BCUT2D eigenvalue weighted by molar-refractivity contribution is 6.10. The molecule has 0 fully saturated rings. The van der Waals surface area contributed by atoms with Crippen molar-refractivity contribution in [1.29, 1.82) is 0 Å². The second-order valence-electron chi connectivity index (χ2n) is 25.5. The third-order valence-corrected chi connectivity index (χ3v) is 19.2. The summed E-state index contributed by atoms with van der Waals surface area (Å²) in [5, 5.41) is 2.30. The first-order chi connectivity index (χ1) is 45.8. The van der Waals surface area contributed by atoms with Crippen LogP contribution in [0.2, 0.25) is 0 Å². The summed E-state index contributed by atoms with van der Waals surface area (Å²) in [6, 6.07) is 111. The number of aromatic nitrogens is 4. The van der Waals surface area contributed by atoms with Crippen molar-refractivity contribution in [3.05, 3.63) is 321 Å². The molecule has 438 valence electrons. The molecule has 16 aromatic rings. The predicted octanol–water partition coefficient (Wildman–Crippen LogP) is 22.6. The SMILES string of the molecule is CC(C)(C)c1ccnc(-n2c3ccccc3c3ccc(Oc4cccc(-n5[c-][n+](-c6c(-c7ccc8c(c7)-c7ccccc7-c7ccccc7-c7ccccc7-8)cccc6-c6ccc7c(c6)-c6ccccc6-c6ccccc6-c6ccccc6-7)c6ccccc65)c4)cc32)c1. The molecule has 0 spiro atoms. The number of rotatable bonds is 7. The average molecular weight is 1190 g/mol. The van der Waals surface area contributed by atoms with E-state index in [-0.39, 0.29) is 5.41 Å². The van der Waals surface area contributed by atoms with Crippen molar-refractivity contribution in [2.24, 2.45) is 0 Å². The van der Waals surface area contributed by atoms with Crippen LogP contribution in [0.4, 0.5) is 0 Å². The lowest BCUT2D eigenvalue weighted by Crippen LogP contribution is -2.31. The molecule has 93 heavy (non-hydrogen) atoms. The van der Waals surface area contributed by atoms with Crippen molar-refractivity contribution >= 4 is 32.8 Å². The Morgan fingerprint density at radius 3 is 1.27 bits per heavy atom. The highest BCUT2D eigenvalue weighted by Gasteiger charge is 2.28. The summed E-state index contributed by atoms with van der Waals surface area (Å²) >= 11 is 0. The van der Waals surface area contributed by atoms with E-state index >= 15 is 0 Å². The van der Waals surface area contributed by atoms with Crippen LogP contribution in [0.5, 0.6) is 11.5 Å². The fraction of sp³-hybridized carbons (Fsp3) is 0.0455. The standard InChI is InChI=1S/C88H60N4O/c1-88(2,3)58-48-49-89-86(52-58)92-82-39-17-16-36-78(82)79-47-44-61(54-85(79)92)93-60-23-20-22-59(53-60)90-55-91(84-41-19-18-40-83(84)90)87-62(56-42-45-76-72-32-10-8-28-68(72)64-24-4-6-26-66(64)70-30-12-14-34-74(70)80(76)50-56)37-21-38-63(87)57-43-46-77-73-33-11-9-29-69(73)65-25-5-7-27-67(65)71-31-13-15-35-75(71)81(77)51-57/h4-54H,1-3H3. The molecule has 3 aromatic heterocycles. The number of ether oxygens (including phenoxy) is 1. The number of hydrogen-bond acceptors (Lipinski definition) is 2. The molecule has 0 saturated heterocycles. The minimum Gasteiger partial charge on any atom is -0.458 e. The fourth-order valence-electron chi connectivity index (χ4n) is 14.8. The highest BCUT2D eigenvalue weighted by atomic mass is 16.5. The van der Waals surface area contributed by atoms with Gasteiger partial charge in [-0.1, -0.05) is 257 Å². The summed E-state index contributed by atoms with van der Waals surface area (Å²) in [6.07, 6.45) is 5.95. The van der Waals surface area contributed by atoms with Crippen LogP contribution in [-0.2, 0) is 5.41 Å². The molecule has 0 amide bonds. The van der Waals surface area contributed by atoms with Crippen molar-refractivity contribution in [2.75, 3.05) is 0 Å². The molecule has 5 heteroatoms. The van der Waals surface area contributed by atoms with Crippen LogP contribution in [0.1, 0.15) is 26.3 Å². The number of nitrogens with zero attached hydrogens (tertiary/aromatic N) is 4. The summed E-state index contributed by atoms with van der Waals surface area (Å²) in [6.45, 7) is 6.73. The van der Waals surface area contributed by atoms with Gasteiger partial charge in [-0.15, -0.1) is 0 Å². The van der Waals surface area contributed by atoms with E-state index in [2.05, 4.69) is 338 Å². The van der Waals surface area contributed by atoms with Gasteiger partial charge in [0.15, 0.2) is 0 Å². The fourth-order valence-corrected chi connectivity index (χ4v) is 14.8. The third kappa shape index (κ3) is 8.83. The van der Waals surface area contributed by atoms with Gasteiger partial charge in [0.2, 0.25) is 0 Å². The van der Waals surface area contributed by atoms with Gasteiger partial charge in [0.1, 0.15) is 17.3 Å². The molecule has 0 N–H and O–H groups in total. The summed E-state index contributed by atoms with van der Waals surface area (Å²) in [5.41, 5.74) is 30.9. The van der Waals surface area contributed by atoms with Crippen LogP contribution in [0, 0.1) is 6.33 Å². The molecule has 2 aliphatic carbocycles. The number of benzene rings is 13. The van der Waals surface area contributed by atoms with Crippen LogP contribution >= 0.6 is 0 Å². The lowest BCUT2D eigenvalue weighted by molar-refractivity contribution is -0.571. The van der Waals surface area contributed by atoms with Crippen LogP contribution in [-0.4, -0.2) is 14.1 Å². The number of fused-ring (bicyclic) bond motifs is 20. The quantitative estimate of drug-likeness (QED) is 0.118. The molecular formula is C88H60N4O. The smallest absolute Gasteiger partial charge is 0.269 e. The minimum atomic E-state index is -0.0452. The van der Waals surface area contributed by atoms with Gasteiger partial charge in [0.05, 0.1) is 33.4 Å². The topological polar surface area (TPSA) is 35.9 Å². The third-order valence-electron chi connectivity index (χ3n) is 19.2. The van der Waals surface area contributed by atoms with Gasteiger partial charge in [-0.05, 0) is 183 Å². The van der Waals surface area contributed by atoms with Gasteiger partial charge in [-0.2, -0.15) is 0 Å². The summed E-state index contributed by atoms with van der Waals surface area (Å²) in [7, 11) is 0. The molecule has 0 bridgehead atoms. The van der Waals surface area contributed by atoms with E-state index in [4.69, 9.17) is 9.72 Å².